The molecule has 158 valence electrons. The van der Waals surface area contributed by atoms with Gasteiger partial charge in [0.25, 0.3) is 5.56 Å². The Morgan fingerprint density at radius 1 is 1.29 bits per heavy atom. The number of thioether (sulfide) groups is 1. The van der Waals surface area contributed by atoms with Gasteiger partial charge < -0.3 is 9.30 Å². The molecule has 0 N–H and O–H groups in total. The van der Waals surface area contributed by atoms with Crippen molar-refractivity contribution in [1.29, 1.82) is 0 Å². The van der Waals surface area contributed by atoms with Crippen LogP contribution in [-0.4, -0.2) is 27.6 Å². The van der Waals surface area contributed by atoms with E-state index in [0.717, 1.165) is 4.88 Å². The number of fused-ring (bicyclic) bond motifs is 1. The fourth-order valence-electron chi connectivity index (χ4n) is 3.03. The van der Waals surface area contributed by atoms with E-state index in [9.17, 15) is 14.0 Å². The molecule has 1 aromatic carbocycles. The minimum atomic E-state index is -0.636. The summed E-state index contributed by atoms with van der Waals surface area (Å²) in [7, 11) is 2.98. The number of benzene rings is 1. The van der Waals surface area contributed by atoms with Crippen molar-refractivity contribution in [1.82, 2.24) is 14.5 Å². The number of rotatable bonds is 5. The molecule has 0 saturated carbocycles. The van der Waals surface area contributed by atoms with Crippen LogP contribution in [0.2, 0.25) is 5.02 Å². The van der Waals surface area contributed by atoms with Gasteiger partial charge in [0.15, 0.2) is 5.16 Å². The lowest BCUT2D eigenvalue weighted by Gasteiger charge is -2.13. The summed E-state index contributed by atoms with van der Waals surface area (Å²) in [5.41, 5.74) is 1.12. The molecule has 0 aliphatic rings. The Labute approximate surface area is 189 Å². The predicted molar refractivity (Wildman–Crippen MR) is 120 cm³/mol. The molecule has 10 heteroatoms. The SMILES string of the molecule is COC(=O)c1cc(-c2cccs2)nc2c1c(=O)nc(SCc1ccc(F)cc1Cl)n2C. The van der Waals surface area contributed by atoms with Crippen LogP contribution in [0, 0.1) is 5.82 Å². The number of ether oxygens (including phenoxy) is 1. The standard InChI is InChI=1S/C21H15ClFN3O3S2/c1-26-18-17(13(20(28)29-2)9-15(24-18)16-4-3-7-30-16)19(27)25-21(26)31-10-11-5-6-12(23)8-14(11)22/h3-9H,10H2,1-2H3. The highest BCUT2D eigenvalue weighted by Crippen LogP contribution is 2.30. The van der Waals surface area contributed by atoms with Gasteiger partial charge in [-0.25, -0.2) is 14.2 Å². The second kappa shape index (κ2) is 8.78. The van der Waals surface area contributed by atoms with Gasteiger partial charge in [0, 0.05) is 17.8 Å². The maximum atomic E-state index is 13.3. The van der Waals surface area contributed by atoms with E-state index in [4.69, 9.17) is 16.3 Å². The molecule has 31 heavy (non-hydrogen) atoms. The van der Waals surface area contributed by atoms with Crippen molar-refractivity contribution in [3.8, 4) is 10.6 Å². The molecule has 4 aromatic rings. The third-order valence-electron chi connectivity index (χ3n) is 4.57. The van der Waals surface area contributed by atoms with Gasteiger partial charge >= 0.3 is 5.97 Å². The van der Waals surface area contributed by atoms with E-state index in [0.29, 0.717) is 32.8 Å². The van der Waals surface area contributed by atoms with E-state index < -0.39 is 17.3 Å². The number of aryl methyl sites for hydroxylation is 1. The van der Waals surface area contributed by atoms with E-state index in [1.54, 1.807) is 23.7 Å². The molecular weight excluding hydrogens is 461 g/mol. The molecule has 0 radical (unpaired) electrons. The van der Waals surface area contributed by atoms with Crippen LogP contribution in [0.3, 0.4) is 0 Å². The summed E-state index contributed by atoms with van der Waals surface area (Å²) >= 11 is 8.84. The molecule has 3 aromatic heterocycles. The van der Waals surface area contributed by atoms with E-state index in [2.05, 4.69) is 9.97 Å². The van der Waals surface area contributed by atoms with Crippen LogP contribution in [0.25, 0.3) is 21.6 Å². The van der Waals surface area contributed by atoms with Crippen LogP contribution in [-0.2, 0) is 17.5 Å². The summed E-state index contributed by atoms with van der Waals surface area (Å²) in [5.74, 6) is -0.683. The zero-order chi connectivity index (χ0) is 22.1. The van der Waals surface area contributed by atoms with Crippen LogP contribution in [0.1, 0.15) is 15.9 Å². The molecule has 0 aliphatic carbocycles. The summed E-state index contributed by atoms with van der Waals surface area (Å²) in [6.07, 6.45) is 0. The lowest BCUT2D eigenvalue weighted by atomic mass is 10.1. The smallest absolute Gasteiger partial charge is 0.338 e. The highest BCUT2D eigenvalue weighted by molar-refractivity contribution is 7.98. The lowest BCUT2D eigenvalue weighted by Crippen LogP contribution is -2.19. The summed E-state index contributed by atoms with van der Waals surface area (Å²) < 4.78 is 19.8. The minimum Gasteiger partial charge on any atom is -0.465 e. The minimum absolute atomic E-state index is 0.0961. The Morgan fingerprint density at radius 3 is 2.77 bits per heavy atom. The van der Waals surface area contributed by atoms with Crippen molar-refractivity contribution in [2.45, 2.75) is 10.9 Å². The molecule has 0 amide bonds. The van der Waals surface area contributed by atoms with Crippen LogP contribution >= 0.6 is 34.7 Å². The van der Waals surface area contributed by atoms with Gasteiger partial charge in [-0.3, -0.25) is 4.79 Å². The van der Waals surface area contributed by atoms with Gasteiger partial charge in [0.1, 0.15) is 11.5 Å². The topological polar surface area (TPSA) is 74.1 Å². The fraction of sp³-hybridized carbons (Fsp3) is 0.143. The normalized spacial score (nSPS) is 11.1. The summed E-state index contributed by atoms with van der Waals surface area (Å²) in [6, 6.07) is 9.46. The number of carbonyl (C=O) groups excluding carboxylic acids is 1. The third-order valence-corrected chi connectivity index (χ3v) is 6.89. The van der Waals surface area contributed by atoms with Gasteiger partial charge in [-0.15, -0.1) is 11.3 Å². The Morgan fingerprint density at radius 2 is 2.10 bits per heavy atom. The van der Waals surface area contributed by atoms with Crippen molar-refractivity contribution in [3.05, 3.63) is 74.1 Å². The number of halogens is 2. The maximum absolute atomic E-state index is 13.3. The van der Waals surface area contributed by atoms with Crippen molar-refractivity contribution in [2.24, 2.45) is 7.05 Å². The highest BCUT2D eigenvalue weighted by Gasteiger charge is 2.21. The first-order chi connectivity index (χ1) is 14.9. The van der Waals surface area contributed by atoms with Gasteiger partial charge in [0.2, 0.25) is 0 Å². The number of methoxy groups -OCH3 is 1. The number of carbonyl (C=O) groups is 1. The molecule has 0 spiro atoms. The second-order valence-electron chi connectivity index (χ2n) is 6.51. The molecule has 0 fully saturated rings. The zero-order valence-corrected chi connectivity index (χ0v) is 18.8. The summed E-state index contributed by atoms with van der Waals surface area (Å²) in [4.78, 5) is 34.9. The number of nitrogens with zero attached hydrogens (tertiary/aromatic N) is 3. The number of esters is 1. The van der Waals surface area contributed by atoms with Crippen LogP contribution in [0.4, 0.5) is 4.39 Å². The number of hydrogen-bond donors (Lipinski definition) is 0. The first-order valence-corrected chi connectivity index (χ1v) is 11.2. The van der Waals surface area contributed by atoms with Gasteiger partial charge in [-0.2, -0.15) is 4.98 Å². The summed E-state index contributed by atoms with van der Waals surface area (Å²) in [6.45, 7) is 0. The Balaban J connectivity index is 1.84. The van der Waals surface area contributed by atoms with E-state index in [1.165, 1.54) is 42.3 Å². The molecule has 0 bridgehead atoms. The Kier molecular flexibility index (Phi) is 6.08. The Hall–Kier alpha value is -2.75. The van der Waals surface area contributed by atoms with Crippen LogP contribution < -0.4 is 5.56 Å². The Bertz CT molecular complexity index is 1360. The monoisotopic (exact) mass is 475 g/mol. The first kappa shape index (κ1) is 21.5. The van der Waals surface area contributed by atoms with E-state index >= 15 is 0 Å². The fourth-order valence-corrected chi connectivity index (χ4v) is 4.99. The number of hydrogen-bond acceptors (Lipinski definition) is 7. The molecule has 3 heterocycles. The average molecular weight is 476 g/mol. The van der Waals surface area contributed by atoms with E-state index in [-0.39, 0.29) is 10.9 Å². The largest absolute Gasteiger partial charge is 0.465 e. The molecule has 0 saturated heterocycles. The van der Waals surface area contributed by atoms with Gasteiger partial charge in [0.05, 0.1) is 28.6 Å². The van der Waals surface area contributed by atoms with Gasteiger partial charge in [-0.1, -0.05) is 35.5 Å². The summed E-state index contributed by atoms with van der Waals surface area (Å²) in [5, 5.41) is 2.69. The average Bonchev–Trinajstić information content (AvgIpc) is 3.30. The quantitative estimate of drug-likeness (QED) is 0.231. The van der Waals surface area contributed by atoms with Crippen molar-refractivity contribution in [2.75, 3.05) is 7.11 Å². The second-order valence-corrected chi connectivity index (χ2v) is 8.80. The highest BCUT2D eigenvalue weighted by atomic mass is 35.5. The molecule has 4 rings (SSSR count). The lowest BCUT2D eigenvalue weighted by molar-refractivity contribution is 0.0603. The molecule has 0 aliphatic heterocycles. The molecule has 0 unspecified atom stereocenters. The van der Waals surface area contributed by atoms with E-state index in [1.807, 2.05) is 17.5 Å². The van der Waals surface area contributed by atoms with Crippen LogP contribution in [0.15, 0.2) is 51.7 Å². The number of thiophene rings is 1. The zero-order valence-electron chi connectivity index (χ0n) is 16.4. The molecule has 0 atom stereocenters. The maximum Gasteiger partial charge on any atom is 0.338 e. The number of pyridine rings is 1. The number of aromatic nitrogens is 3. The molecule has 6 nitrogen and oxygen atoms in total. The van der Waals surface area contributed by atoms with Crippen LogP contribution in [0.5, 0.6) is 0 Å². The first-order valence-electron chi connectivity index (χ1n) is 8.99. The molecular formula is C21H15ClFN3O3S2. The van der Waals surface area contributed by atoms with Gasteiger partial charge in [-0.05, 0) is 35.2 Å². The predicted octanol–water partition coefficient (Wildman–Crippen LogP) is 4.93. The van der Waals surface area contributed by atoms with Crippen molar-refractivity contribution < 1.29 is 13.9 Å². The van der Waals surface area contributed by atoms with Crippen molar-refractivity contribution in [3.63, 3.8) is 0 Å². The van der Waals surface area contributed by atoms with Crippen molar-refractivity contribution >= 4 is 51.7 Å². The third kappa shape index (κ3) is 4.21.